The molecule has 2 aromatic rings. The molecule has 1 atom stereocenters. The third kappa shape index (κ3) is 2.95. The van der Waals surface area contributed by atoms with E-state index in [1.165, 1.54) is 19.3 Å². The van der Waals surface area contributed by atoms with Crippen molar-refractivity contribution in [3.63, 3.8) is 0 Å². The van der Waals surface area contributed by atoms with Gasteiger partial charge in [0.25, 0.3) is 0 Å². The van der Waals surface area contributed by atoms with E-state index in [-0.39, 0.29) is 0 Å². The molecule has 2 N–H and O–H groups in total. The number of nitrogens with zero attached hydrogens (tertiary/aromatic N) is 2. The van der Waals surface area contributed by atoms with Gasteiger partial charge in [-0.15, -0.1) is 0 Å². The zero-order valence-corrected chi connectivity index (χ0v) is 12.5. The predicted molar refractivity (Wildman–Crippen MR) is 86.9 cm³/mol. The lowest BCUT2D eigenvalue weighted by Crippen LogP contribution is -2.41. The lowest BCUT2D eigenvalue weighted by molar-refractivity contribution is 0.431. The highest BCUT2D eigenvalue weighted by Gasteiger charge is 2.24. The highest BCUT2D eigenvalue weighted by Crippen LogP contribution is 2.32. The van der Waals surface area contributed by atoms with Crippen LogP contribution in [0.4, 0.5) is 5.82 Å². The maximum Gasteiger partial charge on any atom is 0.136 e. The van der Waals surface area contributed by atoms with Gasteiger partial charge in [0.2, 0.25) is 0 Å². The number of phenolic OH excluding ortho intramolecular Hbond substituents is 1. The largest absolute Gasteiger partial charge is 0.508 e. The average Bonchev–Trinajstić information content (AvgIpc) is 2.52. The molecule has 0 spiro atoms. The fourth-order valence-electron chi connectivity index (χ4n) is 3.26. The Hall–Kier alpha value is -1.81. The molecule has 0 bridgehead atoms. The van der Waals surface area contributed by atoms with E-state index >= 15 is 0 Å². The first-order chi connectivity index (χ1) is 10.3. The number of rotatable bonds is 4. The van der Waals surface area contributed by atoms with Gasteiger partial charge in [0.15, 0.2) is 0 Å². The number of hydrogen-bond donors (Lipinski definition) is 2. The van der Waals surface area contributed by atoms with Crippen molar-refractivity contribution in [1.82, 2.24) is 10.3 Å². The van der Waals surface area contributed by atoms with Gasteiger partial charge in [-0.05, 0) is 62.9 Å². The number of aromatic nitrogens is 1. The van der Waals surface area contributed by atoms with Crippen molar-refractivity contribution in [3.05, 3.63) is 30.5 Å². The van der Waals surface area contributed by atoms with Gasteiger partial charge < -0.3 is 15.3 Å². The van der Waals surface area contributed by atoms with Gasteiger partial charge in [-0.25, -0.2) is 4.98 Å². The second-order valence-corrected chi connectivity index (χ2v) is 5.78. The third-order valence-corrected chi connectivity index (χ3v) is 4.36. The highest BCUT2D eigenvalue weighted by molar-refractivity contribution is 5.93. The Morgan fingerprint density at radius 2 is 2.24 bits per heavy atom. The minimum atomic E-state index is 0.306. The Kier molecular flexibility index (Phi) is 4.25. The molecular formula is C17H23N3O. The molecule has 1 aliphatic rings. The molecule has 3 rings (SSSR count). The van der Waals surface area contributed by atoms with Gasteiger partial charge >= 0.3 is 0 Å². The number of piperidine rings is 1. The summed E-state index contributed by atoms with van der Waals surface area (Å²) >= 11 is 0. The number of pyridine rings is 1. The first-order valence-electron chi connectivity index (χ1n) is 7.78. The monoisotopic (exact) mass is 285 g/mol. The van der Waals surface area contributed by atoms with Crippen LogP contribution in [0.3, 0.4) is 0 Å². The molecular weight excluding hydrogens is 262 g/mol. The molecule has 0 radical (unpaired) electrons. The van der Waals surface area contributed by atoms with E-state index in [1.807, 2.05) is 31.4 Å². The van der Waals surface area contributed by atoms with Crippen LogP contribution in [-0.4, -0.2) is 36.3 Å². The standard InChI is InChI=1S/C17H23N3O/c1-18-9-8-14-4-2-3-11-20(14)17-16-12-15(21)6-5-13(16)7-10-19-17/h5-7,10,12,14,18,21H,2-4,8-9,11H2,1H3. The highest BCUT2D eigenvalue weighted by atomic mass is 16.3. The molecule has 1 saturated heterocycles. The summed E-state index contributed by atoms with van der Waals surface area (Å²) in [6.45, 7) is 2.08. The number of phenols is 1. The van der Waals surface area contributed by atoms with E-state index in [2.05, 4.69) is 15.2 Å². The first kappa shape index (κ1) is 14.1. The number of aromatic hydroxyl groups is 1. The quantitative estimate of drug-likeness (QED) is 0.907. The Morgan fingerprint density at radius 3 is 3.10 bits per heavy atom. The first-order valence-corrected chi connectivity index (χ1v) is 7.78. The molecule has 1 aliphatic heterocycles. The van der Waals surface area contributed by atoms with Gasteiger partial charge in [0.1, 0.15) is 11.6 Å². The molecule has 1 aromatic carbocycles. The van der Waals surface area contributed by atoms with Gasteiger partial charge in [0, 0.05) is 24.2 Å². The van der Waals surface area contributed by atoms with Crippen LogP contribution in [-0.2, 0) is 0 Å². The van der Waals surface area contributed by atoms with Gasteiger partial charge in [-0.1, -0.05) is 6.07 Å². The van der Waals surface area contributed by atoms with E-state index in [0.717, 1.165) is 36.1 Å². The van der Waals surface area contributed by atoms with E-state index in [4.69, 9.17) is 0 Å². The van der Waals surface area contributed by atoms with Crippen LogP contribution in [0.5, 0.6) is 5.75 Å². The molecule has 112 valence electrons. The fourth-order valence-corrected chi connectivity index (χ4v) is 3.26. The summed E-state index contributed by atoms with van der Waals surface area (Å²) in [5, 5.41) is 15.2. The Bertz CT molecular complexity index is 614. The van der Waals surface area contributed by atoms with Crippen LogP contribution in [0.2, 0.25) is 0 Å². The van der Waals surface area contributed by atoms with Crippen LogP contribution in [0.15, 0.2) is 30.5 Å². The summed E-state index contributed by atoms with van der Waals surface area (Å²) in [4.78, 5) is 7.06. The number of anilines is 1. The predicted octanol–water partition coefficient (Wildman–Crippen LogP) is 2.91. The summed E-state index contributed by atoms with van der Waals surface area (Å²) in [6.07, 6.45) is 6.73. The minimum Gasteiger partial charge on any atom is -0.508 e. The Balaban J connectivity index is 1.98. The van der Waals surface area contributed by atoms with Crippen molar-refractivity contribution >= 4 is 16.6 Å². The molecule has 1 aromatic heterocycles. The number of nitrogens with one attached hydrogen (secondary N) is 1. The molecule has 4 nitrogen and oxygen atoms in total. The van der Waals surface area contributed by atoms with Gasteiger partial charge in [-0.2, -0.15) is 0 Å². The SMILES string of the molecule is CNCCC1CCCCN1c1nccc2ccc(O)cc12. The van der Waals surface area contributed by atoms with E-state index in [1.54, 1.807) is 6.07 Å². The summed E-state index contributed by atoms with van der Waals surface area (Å²) in [5.41, 5.74) is 0. The third-order valence-electron chi connectivity index (χ3n) is 4.36. The summed E-state index contributed by atoms with van der Waals surface area (Å²) < 4.78 is 0. The van der Waals surface area contributed by atoms with Crippen LogP contribution in [0.1, 0.15) is 25.7 Å². The smallest absolute Gasteiger partial charge is 0.136 e. The zero-order valence-electron chi connectivity index (χ0n) is 12.5. The molecule has 0 aliphatic carbocycles. The molecule has 2 heterocycles. The van der Waals surface area contributed by atoms with Gasteiger partial charge in [0.05, 0.1) is 0 Å². The van der Waals surface area contributed by atoms with Crippen molar-refractivity contribution in [3.8, 4) is 5.75 Å². The molecule has 1 fully saturated rings. The Morgan fingerprint density at radius 1 is 1.33 bits per heavy atom. The topological polar surface area (TPSA) is 48.4 Å². The van der Waals surface area contributed by atoms with Crippen molar-refractivity contribution < 1.29 is 5.11 Å². The lowest BCUT2D eigenvalue weighted by Gasteiger charge is -2.37. The van der Waals surface area contributed by atoms with Crippen LogP contribution < -0.4 is 10.2 Å². The normalized spacial score (nSPS) is 19.1. The van der Waals surface area contributed by atoms with E-state index in [9.17, 15) is 5.11 Å². The number of hydrogen-bond acceptors (Lipinski definition) is 4. The molecule has 4 heteroatoms. The van der Waals surface area contributed by atoms with E-state index in [0.29, 0.717) is 11.8 Å². The summed E-state index contributed by atoms with van der Waals surface area (Å²) in [6, 6.07) is 8.07. The number of benzene rings is 1. The zero-order chi connectivity index (χ0) is 14.7. The maximum absolute atomic E-state index is 9.80. The average molecular weight is 285 g/mol. The van der Waals surface area contributed by atoms with Crippen molar-refractivity contribution in [2.24, 2.45) is 0 Å². The fraction of sp³-hybridized carbons (Fsp3) is 0.471. The molecule has 21 heavy (non-hydrogen) atoms. The van der Waals surface area contributed by atoms with Crippen molar-refractivity contribution in [2.45, 2.75) is 31.7 Å². The Labute approximate surface area is 125 Å². The second-order valence-electron chi connectivity index (χ2n) is 5.78. The summed E-state index contributed by atoms with van der Waals surface area (Å²) in [5.74, 6) is 1.32. The van der Waals surface area contributed by atoms with Crippen molar-refractivity contribution in [2.75, 3.05) is 25.0 Å². The van der Waals surface area contributed by atoms with Crippen LogP contribution in [0, 0.1) is 0 Å². The lowest BCUT2D eigenvalue weighted by atomic mass is 9.98. The van der Waals surface area contributed by atoms with Crippen molar-refractivity contribution in [1.29, 1.82) is 0 Å². The maximum atomic E-state index is 9.80. The summed E-state index contributed by atoms with van der Waals surface area (Å²) in [7, 11) is 2.00. The molecule has 0 amide bonds. The minimum absolute atomic E-state index is 0.306. The van der Waals surface area contributed by atoms with E-state index < -0.39 is 0 Å². The van der Waals surface area contributed by atoms with Crippen LogP contribution in [0.25, 0.3) is 10.8 Å². The van der Waals surface area contributed by atoms with Crippen LogP contribution >= 0.6 is 0 Å². The molecule has 1 unspecified atom stereocenters. The second kappa shape index (κ2) is 6.31. The molecule has 0 saturated carbocycles. The number of fused-ring (bicyclic) bond motifs is 1. The van der Waals surface area contributed by atoms with Gasteiger partial charge in [-0.3, -0.25) is 0 Å².